The van der Waals surface area contributed by atoms with Crippen molar-refractivity contribution in [2.45, 2.75) is 32.7 Å². The van der Waals surface area contributed by atoms with Gasteiger partial charge in [-0.05, 0) is 17.9 Å². The molecule has 110 valence electrons. The Bertz CT molecular complexity index is 441. The van der Waals surface area contributed by atoms with Crippen molar-refractivity contribution in [2.75, 3.05) is 14.1 Å². The molecule has 2 amide bonds. The van der Waals surface area contributed by atoms with Crippen LogP contribution >= 0.6 is 0 Å². The van der Waals surface area contributed by atoms with Crippen molar-refractivity contribution < 1.29 is 9.59 Å². The molecule has 1 aromatic rings. The summed E-state index contributed by atoms with van der Waals surface area (Å²) in [4.78, 5) is 25.7. The van der Waals surface area contributed by atoms with E-state index < -0.39 is 6.04 Å². The summed E-state index contributed by atoms with van der Waals surface area (Å²) < 4.78 is 0. The van der Waals surface area contributed by atoms with Gasteiger partial charge in [0.15, 0.2) is 0 Å². The molecule has 0 fully saturated rings. The van der Waals surface area contributed by atoms with Crippen molar-refractivity contribution >= 4 is 11.8 Å². The van der Waals surface area contributed by atoms with Gasteiger partial charge in [-0.25, -0.2) is 0 Å². The first-order chi connectivity index (χ1) is 9.41. The van der Waals surface area contributed by atoms with Crippen molar-refractivity contribution in [2.24, 2.45) is 5.92 Å². The molecule has 0 unspecified atom stereocenters. The fraction of sp³-hybridized carbons (Fsp3) is 0.500. The Morgan fingerprint density at radius 2 is 1.75 bits per heavy atom. The molecule has 0 aliphatic carbocycles. The van der Waals surface area contributed by atoms with E-state index in [4.69, 9.17) is 0 Å². The van der Waals surface area contributed by atoms with Crippen molar-refractivity contribution in [3.05, 3.63) is 35.9 Å². The first-order valence-electron chi connectivity index (χ1n) is 6.97. The second kappa shape index (κ2) is 7.68. The molecule has 0 spiro atoms. The molecular weight excluding hydrogens is 252 g/mol. The van der Waals surface area contributed by atoms with Crippen LogP contribution in [0.2, 0.25) is 0 Å². The predicted octanol–water partition coefficient (Wildman–Crippen LogP) is 2.37. The van der Waals surface area contributed by atoms with E-state index in [1.165, 1.54) is 4.90 Å². The van der Waals surface area contributed by atoms with Gasteiger partial charge in [-0.15, -0.1) is 0 Å². The van der Waals surface area contributed by atoms with E-state index in [9.17, 15) is 9.59 Å². The standard InChI is InChI=1S/C16H24N2O2/c1-12(2)10-11-14(19)17-15(16(20)18(3)4)13-8-6-5-7-9-13/h5-9,12,15H,10-11H2,1-4H3,(H,17,19)/t15-/m0/s1. The number of nitrogens with zero attached hydrogens (tertiary/aromatic N) is 1. The van der Waals surface area contributed by atoms with Gasteiger partial charge in [0.1, 0.15) is 6.04 Å². The van der Waals surface area contributed by atoms with Gasteiger partial charge in [-0.2, -0.15) is 0 Å². The summed E-state index contributed by atoms with van der Waals surface area (Å²) in [5.41, 5.74) is 0.809. The quantitative estimate of drug-likeness (QED) is 0.867. The van der Waals surface area contributed by atoms with E-state index in [1.54, 1.807) is 14.1 Å². The molecule has 1 N–H and O–H groups in total. The molecule has 1 aromatic carbocycles. The fourth-order valence-electron chi connectivity index (χ4n) is 1.84. The number of hydrogen-bond donors (Lipinski definition) is 1. The molecule has 0 aliphatic heterocycles. The summed E-state index contributed by atoms with van der Waals surface area (Å²) in [7, 11) is 3.39. The van der Waals surface area contributed by atoms with E-state index in [-0.39, 0.29) is 11.8 Å². The molecule has 4 nitrogen and oxygen atoms in total. The van der Waals surface area contributed by atoms with E-state index in [0.29, 0.717) is 12.3 Å². The van der Waals surface area contributed by atoms with Crippen LogP contribution in [0.5, 0.6) is 0 Å². The maximum Gasteiger partial charge on any atom is 0.249 e. The molecule has 0 aromatic heterocycles. The number of rotatable bonds is 6. The number of benzene rings is 1. The van der Waals surface area contributed by atoms with E-state index in [2.05, 4.69) is 19.2 Å². The van der Waals surface area contributed by atoms with Gasteiger partial charge in [0.05, 0.1) is 0 Å². The normalized spacial score (nSPS) is 12.1. The lowest BCUT2D eigenvalue weighted by atomic mass is 10.0. The molecule has 0 bridgehead atoms. The Kier molecular flexibility index (Phi) is 6.22. The van der Waals surface area contributed by atoms with Crippen LogP contribution in [0, 0.1) is 5.92 Å². The Hall–Kier alpha value is -1.84. The van der Waals surface area contributed by atoms with Crippen LogP contribution < -0.4 is 5.32 Å². The topological polar surface area (TPSA) is 49.4 Å². The third-order valence-electron chi connectivity index (χ3n) is 3.07. The van der Waals surface area contributed by atoms with Crippen molar-refractivity contribution in [1.82, 2.24) is 10.2 Å². The second-order valence-electron chi connectivity index (χ2n) is 5.58. The van der Waals surface area contributed by atoms with Crippen LogP contribution in [-0.2, 0) is 9.59 Å². The van der Waals surface area contributed by atoms with E-state index in [0.717, 1.165) is 12.0 Å². The average Bonchev–Trinajstić information content (AvgIpc) is 2.42. The third kappa shape index (κ3) is 5.03. The maximum atomic E-state index is 12.2. The minimum Gasteiger partial charge on any atom is -0.347 e. The Morgan fingerprint density at radius 1 is 1.15 bits per heavy atom. The monoisotopic (exact) mass is 276 g/mol. The number of likely N-dealkylation sites (N-methyl/N-ethyl adjacent to an activating group) is 1. The summed E-state index contributed by atoms with van der Waals surface area (Å²) in [5.74, 6) is 0.275. The molecule has 0 radical (unpaired) electrons. The Morgan fingerprint density at radius 3 is 2.25 bits per heavy atom. The minimum absolute atomic E-state index is 0.0808. The van der Waals surface area contributed by atoms with Crippen LogP contribution in [0.25, 0.3) is 0 Å². The van der Waals surface area contributed by atoms with Crippen molar-refractivity contribution in [3.63, 3.8) is 0 Å². The zero-order valence-corrected chi connectivity index (χ0v) is 12.7. The highest BCUT2D eigenvalue weighted by Crippen LogP contribution is 2.15. The van der Waals surface area contributed by atoms with Crippen LogP contribution in [0.3, 0.4) is 0 Å². The third-order valence-corrected chi connectivity index (χ3v) is 3.07. The molecule has 1 rings (SSSR count). The van der Waals surface area contributed by atoms with Crippen molar-refractivity contribution in [1.29, 1.82) is 0 Å². The number of nitrogens with one attached hydrogen (secondary N) is 1. The zero-order valence-electron chi connectivity index (χ0n) is 12.7. The van der Waals surface area contributed by atoms with E-state index >= 15 is 0 Å². The smallest absolute Gasteiger partial charge is 0.249 e. The lowest BCUT2D eigenvalue weighted by molar-refractivity contribution is -0.134. The molecule has 4 heteroatoms. The molecule has 1 atom stereocenters. The highest BCUT2D eigenvalue weighted by Gasteiger charge is 2.23. The van der Waals surface area contributed by atoms with Gasteiger partial charge in [0.25, 0.3) is 0 Å². The van der Waals surface area contributed by atoms with Gasteiger partial charge < -0.3 is 10.2 Å². The van der Waals surface area contributed by atoms with Crippen molar-refractivity contribution in [3.8, 4) is 0 Å². The van der Waals surface area contributed by atoms with Crippen LogP contribution in [0.1, 0.15) is 38.3 Å². The minimum atomic E-state index is -0.606. The zero-order chi connectivity index (χ0) is 15.1. The highest BCUT2D eigenvalue weighted by atomic mass is 16.2. The van der Waals surface area contributed by atoms with Gasteiger partial charge in [0, 0.05) is 20.5 Å². The predicted molar refractivity (Wildman–Crippen MR) is 80.1 cm³/mol. The van der Waals surface area contributed by atoms with Gasteiger partial charge in [-0.1, -0.05) is 44.2 Å². The SMILES string of the molecule is CC(C)CCC(=O)N[C@H](C(=O)N(C)C)c1ccccc1. The maximum absolute atomic E-state index is 12.2. The highest BCUT2D eigenvalue weighted by molar-refractivity contribution is 5.88. The first-order valence-corrected chi connectivity index (χ1v) is 6.97. The van der Waals surface area contributed by atoms with Gasteiger partial charge >= 0.3 is 0 Å². The number of carbonyl (C=O) groups excluding carboxylic acids is 2. The Balaban J connectivity index is 2.79. The van der Waals surface area contributed by atoms with Gasteiger partial charge in [0.2, 0.25) is 11.8 Å². The molecule has 0 saturated carbocycles. The molecule has 0 saturated heterocycles. The largest absolute Gasteiger partial charge is 0.347 e. The van der Waals surface area contributed by atoms with Crippen LogP contribution in [-0.4, -0.2) is 30.8 Å². The van der Waals surface area contributed by atoms with Crippen LogP contribution in [0.15, 0.2) is 30.3 Å². The van der Waals surface area contributed by atoms with Gasteiger partial charge in [-0.3, -0.25) is 9.59 Å². The molecule has 20 heavy (non-hydrogen) atoms. The molecule has 0 aliphatic rings. The summed E-state index contributed by atoms with van der Waals surface area (Å²) >= 11 is 0. The summed E-state index contributed by atoms with van der Waals surface area (Å²) in [6.45, 7) is 4.15. The summed E-state index contributed by atoms with van der Waals surface area (Å²) in [6.07, 6.45) is 1.27. The lowest BCUT2D eigenvalue weighted by Crippen LogP contribution is -2.39. The summed E-state index contributed by atoms with van der Waals surface area (Å²) in [5, 5.41) is 2.84. The summed E-state index contributed by atoms with van der Waals surface area (Å²) in [6, 6.07) is 8.73. The number of carbonyl (C=O) groups is 2. The number of amides is 2. The molecular formula is C16H24N2O2. The van der Waals surface area contributed by atoms with Crippen LogP contribution in [0.4, 0.5) is 0 Å². The average molecular weight is 276 g/mol. The first kappa shape index (κ1) is 16.2. The van der Waals surface area contributed by atoms with E-state index in [1.807, 2.05) is 30.3 Å². The fourth-order valence-corrected chi connectivity index (χ4v) is 1.84. The number of hydrogen-bond acceptors (Lipinski definition) is 2. The second-order valence-corrected chi connectivity index (χ2v) is 5.58. The lowest BCUT2D eigenvalue weighted by Gasteiger charge is -2.22. The Labute approximate surface area is 121 Å². The molecule has 0 heterocycles.